The van der Waals surface area contributed by atoms with Crippen molar-refractivity contribution in [3.05, 3.63) is 0 Å². The van der Waals surface area contributed by atoms with E-state index in [0.29, 0.717) is 0 Å². The molecule has 21 heavy (non-hydrogen) atoms. The maximum Gasteiger partial charge on any atom is 0.0490 e. The van der Waals surface area contributed by atoms with Gasteiger partial charge in [0.1, 0.15) is 0 Å². The molecule has 1 atom stereocenters. The summed E-state index contributed by atoms with van der Waals surface area (Å²) in [5.41, 5.74) is 0. The Hall–Kier alpha value is -0.120. The summed E-state index contributed by atoms with van der Waals surface area (Å²) in [6.07, 6.45) is 9.52. The van der Waals surface area contributed by atoms with Crippen LogP contribution in [0, 0.1) is 5.92 Å². The molecule has 0 unspecified atom stereocenters. The SMILES string of the molecule is CCCC[C@H](CCCCCN1CCN(CC)CC1)COC. The largest absolute Gasteiger partial charge is 0.384 e. The topological polar surface area (TPSA) is 15.7 Å². The third kappa shape index (κ3) is 8.80. The second kappa shape index (κ2) is 12.4. The molecule has 0 aliphatic carbocycles. The smallest absolute Gasteiger partial charge is 0.0490 e. The van der Waals surface area contributed by atoms with Crippen LogP contribution < -0.4 is 0 Å². The number of piperazine rings is 1. The zero-order chi connectivity index (χ0) is 15.3. The minimum absolute atomic E-state index is 0.794. The minimum Gasteiger partial charge on any atom is -0.384 e. The molecule has 0 bridgehead atoms. The Morgan fingerprint density at radius 1 is 0.857 bits per heavy atom. The van der Waals surface area contributed by atoms with Gasteiger partial charge in [0.25, 0.3) is 0 Å². The van der Waals surface area contributed by atoms with E-state index in [-0.39, 0.29) is 0 Å². The van der Waals surface area contributed by atoms with E-state index >= 15 is 0 Å². The van der Waals surface area contributed by atoms with Crippen molar-refractivity contribution in [2.24, 2.45) is 5.92 Å². The molecule has 0 saturated carbocycles. The predicted octanol–water partition coefficient (Wildman–Crippen LogP) is 3.64. The summed E-state index contributed by atoms with van der Waals surface area (Å²) in [5.74, 6) is 0.794. The highest BCUT2D eigenvalue weighted by molar-refractivity contribution is 4.70. The molecule has 0 amide bonds. The third-order valence-corrected chi connectivity index (χ3v) is 4.87. The van der Waals surface area contributed by atoms with Gasteiger partial charge in [0.2, 0.25) is 0 Å². The second-order valence-corrected chi connectivity index (χ2v) is 6.59. The van der Waals surface area contributed by atoms with Crippen molar-refractivity contribution < 1.29 is 4.74 Å². The molecule has 1 rings (SSSR count). The molecule has 1 fully saturated rings. The van der Waals surface area contributed by atoms with Crippen LogP contribution in [0.5, 0.6) is 0 Å². The van der Waals surface area contributed by atoms with Gasteiger partial charge in [-0.15, -0.1) is 0 Å². The van der Waals surface area contributed by atoms with Gasteiger partial charge in [-0.05, 0) is 38.3 Å². The van der Waals surface area contributed by atoms with Gasteiger partial charge in [-0.2, -0.15) is 0 Å². The first-order valence-electron chi connectivity index (χ1n) is 9.23. The molecule has 0 radical (unpaired) electrons. The lowest BCUT2D eigenvalue weighted by Crippen LogP contribution is -2.46. The maximum atomic E-state index is 5.36. The Balaban J connectivity index is 2.00. The van der Waals surface area contributed by atoms with Crippen LogP contribution in [0.15, 0.2) is 0 Å². The Labute approximate surface area is 133 Å². The summed E-state index contributed by atoms with van der Waals surface area (Å²) >= 11 is 0. The van der Waals surface area contributed by atoms with E-state index in [1.807, 2.05) is 7.11 Å². The first-order valence-corrected chi connectivity index (χ1v) is 9.23. The van der Waals surface area contributed by atoms with E-state index in [1.54, 1.807) is 0 Å². The molecule has 0 aromatic carbocycles. The van der Waals surface area contributed by atoms with E-state index < -0.39 is 0 Å². The highest BCUT2D eigenvalue weighted by Crippen LogP contribution is 2.17. The van der Waals surface area contributed by atoms with Gasteiger partial charge >= 0.3 is 0 Å². The molecule has 1 saturated heterocycles. The third-order valence-electron chi connectivity index (χ3n) is 4.87. The van der Waals surface area contributed by atoms with Gasteiger partial charge in [-0.1, -0.05) is 39.5 Å². The molecule has 1 aliphatic rings. The van der Waals surface area contributed by atoms with Gasteiger partial charge in [-0.25, -0.2) is 0 Å². The van der Waals surface area contributed by atoms with Crippen molar-refractivity contribution in [1.82, 2.24) is 9.80 Å². The van der Waals surface area contributed by atoms with Gasteiger partial charge in [-0.3, -0.25) is 0 Å². The number of nitrogens with zero attached hydrogens (tertiary/aromatic N) is 2. The molecular weight excluding hydrogens is 260 g/mol. The van der Waals surface area contributed by atoms with Crippen LogP contribution in [0.4, 0.5) is 0 Å². The van der Waals surface area contributed by atoms with Crippen LogP contribution in [-0.4, -0.2) is 62.8 Å². The van der Waals surface area contributed by atoms with Crippen LogP contribution in [0.2, 0.25) is 0 Å². The number of ether oxygens (including phenoxy) is 1. The van der Waals surface area contributed by atoms with E-state index in [2.05, 4.69) is 23.6 Å². The molecular formula is C18H38N2O. The molecule has 3 nitrogen and oxygen atoms in total. The number of hydrogen-bond acceptors (Lipinski definition) is 3. The van der Waals surface area contributed by atoms with E-state index in [0.717, 1.165) is 12.5 Å². The number of unbranched alkanes of at least 4 members (excludes halogenated alkanes) is 3. The van der Waals surface area contributed by atoms with Crippen LogP contribution >= 0.6 is 0 Å². The average molecular weight is 299 g/mol. The predicted molar refractivity (Wildman–Crippen MR) is 91.9 cm³/mol. The number of hydrogen-bond donors (Lipinski definition) is 0. The zero-order valence-corrected chi connectivity index (χ0v) is 14.8. The number of likely N-dealkylation sites (N-methyl/N-ethyl adjacent to an activating group) is 1. The Kier molecular flexibility index (Phi) is 11.2. The Morgan fingerprint density at radius 3 is 2.14 bits per heavy atom. The monoisotopic (exact) mass is 298 g/mol. The van der Waals surface area contributed by atoms with Crippen molar-refractivity contribution in [1.29, 1.82) is 0 Å². The highest BCUT2D eigenvalue weighted by atomic mass is 16.5. The molecule has 1 aliphatic heterocycles. The first kappa shape index (κ1) is 18.9. The van der Waals surface area contributed by atoms with Crippen molar-refractivity contribution in [3.8, 4) is 0 Å². The van der Waals surface area contributed by atoms with Gasteiger partial charge in [0, 0.05) is 39.9 Å². The first-order chi connectivity index (χ1) is 10.3. The van der Waals surface area contributed by atoms with Gasteiger partial charge in [0.05, 0.1) is 0 Å². The number of rotatable bonds is 12. The molecule has 0 spiro atoms. The highest BCUT2D eigenvalue weighted by Gasteiger charge is 2.14. The lowest BCUT2D eigenvalue weighted by atomic mass is 9.96. The average Bonchev–Trinajstić information content (AvgIpc) is 2.52. The van der Waals surface area contributed by atoms with Gasteiger partial charge < -0.3 is 14.5 Å². The minimum atomic E-state index is 0.794. The molecule has 126 valence electrons. The van der Waals surface area contributed by atoms with E-state index in [1.165, 1.54) is 84.2 Å². The van der Waals surface area contributed by atoms with Crippen molar-refractivity contribution in [2.45, 2.75) is 58.8 Å². The molecule has 0 aromatic heterocycles. The molecule has 0 aromatic rings. The standard InChI is InChI=1S/C18H38N2O/c1-4-6-10-18(17-21-3)11-8-7-9-12-20-15-13-19(5-2)14-16-20/h18H,4-17H2,1-3H3/t18-/m1/s1. The summed E-state index contributed by atoms with van der Waals surface area (Å²) in [6.45, 7) is 13.1. The van der Waals surface area contributed by atoms with Gasteiger partial charge in [0.15, 0.2) is 0 Å². The van der Waals surface area contributed by atoms with Crippen LogP contribution in [0.1, 0.15) is 58.8 Å². The Morgan fingerprint density at radius 2 is 1.52 bits per heavy atom. The molecule has 1 heterocycles. The zero-order valence-electron chi connectivity index (χ0n) is 14.8. The molecule has 3 heteroatoms. The lowest BCUT2D eigenvalue weighted by molar-refractivity contribution is 0.132. The normalized spacial score (nSPS) is 19.0. The maximum absolute atomic E-state index is 5.36. The van der Waals surface area contributed by atoms with E-state index in [4.69, 9.17) is 4.74 Å². The fourth-order valence-electron chi connectivity index (χ4n) is 3.31. The number of methoxy groups -OCH3 is 1. The van der Waals surface area contributed by atoms with Crippen LogP contribution in [-0.2, 0) is 4.74 Å². The fourth-order valence-corrected chi connectivity index (χ4v) is 3.31. The van der Waals surface area contributed by atoms with Crippen LogP contribution in [0.3, 0.4) is 0 Å². The van der Waals surface area contributed by atoms with Crippen LogP contribution in [0.25, 0.3) is 0 Å². The molecule has 0 N–H and O–H groups in total. The van der Waals surface area contributed by atoms with Crippen molar-refractivity contribution in [3.63, 3.8) is 0 Å². The summed E-state index contributed by atoms with van der Waals surface area (Å²) in [4.78, 5) is 5.20. The Bertz CT molecular complexity index is 227. The summed E-state index contributed by atoms with van der Waals surface area (Å²) in [6, 6.07) is 0. The summed E-state index contributed by atoms with van der Waals surface area (Å²) in [7, 11) is 1.84. The van der Waals surface area contributed by atoms with Crippen molar-refractivity contribution >= 4 is 0 Å². The summed E-state index contributed by atoms with van der Waals surface area (Å²) in [5, 5.41) is 0. The van der Waals surface area contributed by atoms with Crippen molar-refractivity contribution in [2.75, 3.05) is 53.0 Å². The summed E-state index contributed by atoms with van der Waals surface area (Å²) < 4.78 is 5.36. The lowest BCUT2D eigenvalue weighted by Gasteiger charge is -2.34. The quantitative estimate of drug-likeness (QED) is 0.512. The second-order valence-electron chi connectivity index (χ2n) is 6.59. The fraction of sp³-hybridized carbons (Fsp3) is 1.00. The van der Waals surface area contributed by atoms with E-state index in [9.17, 15) is 0 Å².